The number of carbonyl (C=O) groups is 2. The maximum Gasteiger partial charge on any atom is 0.330 e. The Kier molecular flexibility index (Phi) is 13.7. The number of hydrogen-bond acceptors (Lipinski definition) is 10. The van der Waals surface area contributed by atoms with E-state index in [1.807, 2.05) is 71.1 Å². The molecule has 1 aromatic heterocycles. The number of aromatic nitrogens is 1. The van der Waals surface area contributed by atoms with Gasteiger partial charge in [-0.15, -0.1) is 0 Å². The summed E-state index contributed by atoms with van der Waals surface area (Å²) in [6, 6.07) is 0. The molecular weight excluding hydrogens is 590 g/mol. The van der Waals surface area contributed by atoms with E-state index in [9.17, 15) is 19.8 Å². The third-order valence-corrected chi connectivity index (χ3v) is 8.95. The van der Waals surface area contributed by atoms with Crippen LogP contribution in [0.25, 0.3) is 6.08 Å². The molecule has 2 aliphatic heterocycles. The Morgan fingerprint density at radius 1 is 1.22 bits per heavy atom. The summed E-state index contributed by atoms with van der Waals surface area (Å²) in [4.78, 5) is 29.4. The van der Waals surface area contributed by atoms with Crippen molar-refractivity contribution in [1.29, 1.82) is 0 Å². The van der Waals surface area contributed by atoms with Crippen molar-refractivity contribution in [2.24, 2.45) is 17.8 Å². The van der Waals surface area contributed by atoms with E-state index in [-0.39, 0.29) is 42.7 Å². The molecule has 0 bridgehead atoms. The van der Waals surface area contributed by atoms with Gasteiger partial charge in [0.25, 0.3) is 0 Å². The summed E-state index contributed by atoms with van der Waals surface area (Å²) in [5.74, 6) is -1.11. The molecule has 9 atom stereocenters. The SMILES string of the molecule is COC(=O)C[C@@H]1C/C=C\C(=O)O[C@H]([C@H](C)[C@@H](OC)/C(C)=C/C=C/C(C)=C\c2coc(C)n2)C[C@H](O)[C@@]2(C)O[C@@H]2/C=C\[C@@H](C)[C@H](O)C1. The Morgan fingerprint density at radius 3 is 2.61 bits per heavy atom. The molecule has 2 aliphatic rings. The summed E-state index contributed by atoms with van der Waals surface area (Å²) in [7, 11) is 2.94. The van der Waals surface area contributed by atoms with Gasteiger partial charge >= 0.3 is 11.9 Å². The second-order valence-corrected chi connectivity index (χ2v) is 12.7. The van der Waals surface area contributed by atoms with Gasteiger partial charge in [0.15, 0.2) is 5.89 Å². The fraction of sp³-hybridized carbons (Fsp3) is 0.583. The van der Waals surface area contributed by atoms with Crippen molar-refractivity contribution in [3.8, 4) is 0 Å². The second-order valence-electron chi connectivity index (χ2n) is 12.7. The van der Waals surface area contributed by atoms with Gasteiger partial charge in [-0.2, -0.15) is 0 Å². The average molecular weight is 642 g/mol. The molecule has 254 valence electrons. The number of fused-ring (bicyclic) bond motifs is 1. The van der Waals surface area contributed by atoms with Gasteiger partial charge in [-0.05, 0) is 56.8 Å². The molecule has 3 rings (SSSR count). The number of oxazole rings is 1. The minimum atomic E-state index is -0.932. The zero-order valence-electron chi connectivity index (χ0n) is 28.3. The second kappa shape index (κ2) is 17.0. The number of rotatable bonds is 9. The smallest absolute Gasteiger partial charge is 0.330 e. The largest absolute Gasteiger partial charge is 0.469 e. The lowest BCUT2D eigenvalue weighted by atomic mass is 9.85. The highest BCUT2D eigenvalue weighted by Crippen LogP contribution is 2.43. The molecule has 0 aromatic carbocycles. The number of hydrogen-bond donors (Lipinski definition) is 2. The first-order valence-electron chi connectivity index (χ1n) is 15.9. The van der Waals surface area contributed by atoms with Gasteiger partial charge in [-0.3, -0.25) is 4.79 Å². The van der Waals surface area contributed by atoms with Crippen molar-refractivity contribution in [2.45, 2.75) is 103 Å². The minimum Gasteiger partial charge on any atom is -0.469 e. The van der Waals surface area contributed by atoms with E-state index >= 15 is 0 Å². The van der Waals surface area contributed by atoms with Gasteiger partial charge in [-0.25, -0.2) is 9.78 Å². The van der Waals surface area contributed by atoms with Crippen molar-refractivity contribution < 1.29 is 43.2 Å². The Balaban J connectivity index is 1.82. The monoisotopic (exact) mass is 641 g/mol. The quantitative estimate of drug-likeness (QED) is 0.155. The van der Waals surface area contributed by atoms with Crippen LogP contribution < -0.4 is 0 Å². The average Bonchev–Trinajstić information content (AvgIpc) is 3.51. The van der Waals surface area contributed by atoms with Gasteiger partial charge in [0.2, 0.25) is 0 Å². The Morgan fingerprint density at radius 2 is 1.96 bits per heavy atom. The number of methoxy groups -OCH3 is 2. The lowest BCUT2D eigenvalue weighted by Crippen LogP contribution is -2.41. The van der Waals surface area contributed by atoms with Crippen LogP contribution in [0.4, 0.5) is 0 Å². The predicted molar refractivity (Wildman–Crippen MR) is 174 cm³/mol. The maximum atomic E-state index is 13.1. The number of ether oxygens (including phenoxy) is 4. The van der Waals surface area contributed by atoms with E-state index in [2.05, 4.69) is 4.98 Å². The molecule has 0 radical (unpaired) electrons. The zero-order chi connectivity index (χ0) is 34.0. The third-order valence-electron chi connectivity index (χ3n) is 8.95. The molecule has 0 spiro atoms. The lowest BCUT2D eigenvalue weighted by Gasteiger charge is -2.32. The van der Waals surface area contributed by atoms with Crippen LogP contribution >= 0.6 is 0 Å². The Hall–Kier alpha value is -3.31. The lowest BCUT2D eigenvalue weighted by molar-refractivity contribution is -0.150. The molecule has 10 heteroatoms. The molecule has 0 amide bonds. The Labute approximate surface area is 272 Å². The number of aliphatic hydroxyl groups excluding tert-OH is 2. The molecule has 46 heavy (non-hydrogen) atoms. The summed E-state index contributed by atoms with van der Waals surface area (Å²) in [6.45, 7) is 11.4. The van der Waals surface area contributed by atoms with Crippen molar-refractivity contribution in [3.63, 3.8) is 0 Å². The van der Waals surface area contributed by atoms with Crippen LogP contribution in [0.5, 0.6) is 0 Å². The molecule has 1 aromatic rings. The summed E-state index contributed by atoms with van der Waals surface area (Å²) < 4.78 is 27.9. The van der Waals surface area contributed by atoms with Crippen molar-refractivity contribution in [1.82, 2.24) is 4.98 Å². The van der Waals surface area contributed by atoms with E-state index < -0.39 is 36.0 Å². The number of aliphatic hydroxyl groups is 2. The van der Waals surface area contributed by atoms with Crippen molar-refractivity contribution in [3.05, 3.63) is 71.5 Å². The molecule has 1 fully saturated rings. The number of carbonyl (C=O) groups excluding carboxylic acids is 2. The third kappa shape index (κ3) is 10.6. The van der Waals surface area contributed by atoms with Gasteiger partial charge in [0.05, 0.1) is 25.4 Å². The maximum absolute atomic E-state index is 13.1. The van der Waals surface area contributed by atoms with E-state index in [1.165, 1.54) is 13.2 Å². The fourth-order valence-electron chi connectivity index (χ4n) is 5.83. The van der Waals surface area contributed by atoms with Crippen LogP contribution in [0.1, 0.15) is 71.9 Å². The number of esters is 2. The van der Waals surface area contributed by atoms with Crippen LogP contribution in [-0.4, -0.2) is 77.5 Å². The highest BCUT2D eigenvalue weighted by Gasteiger charge is 2.57. The molecular formula is C36H51NO9. The normalized spacial score (nSPS) is 32.7. The molecule has 10 nitrogen and oxygen atoms in total. The molecule has 2 N–H and O–H groups in total. The Bertz CT molecular complexity index is 1320. The van der Waals surface area contributed by atoms with Crippen LogP contribution in [0.15, 0.2) is 64.4 Å². The highest BCUT2D eigenvalue weighted by atomic mass is 16.6. The summed E-state index contributed by atoms with van der Waals surface area (Å²) in [6.07, 6.45) is 14.0. The standard InChI is InChI=1S/C36H51NO9/c1-22(17-28-21-44-26(5)37-28)11-9-12-24(3)35(43-8)25(4)30-20-31(39)36(6)32(46-36)16-15-23(2)29(38)18-27(19-34(41)42-7)13-10-14-33(40)45-30/h9-12,14-17,21,23,25,27,29-32,35,38-39H,13,18-20H2,1-8H3/b11-9+,14-10-,16-15-,22-17-,24-12+/t23-,25+,27-,29-,30+,31+,32-,35+,36-/m1/s1. The van der Waals surface area contributed by atoms with E-state index in [1.54, 1.807) is 26.4 Å². The van der Waals surface area contributed by atoms with Crippen LogP contribution in [0, 0.1) is 24.7 Å². The summed E-state index contributed by atoms with van der Waals surface area (Å²) in [5.41, 5.74) is 1.78. The first kappa shape index (κ1) is 37.2. The van der Waals surface area contributed by atoms with Crippen LogP contribution in [0.3, 0.4) is 0 Å². The molecule has 3 heterocycles. The number of nitrogens with zero attached hydrogens (tertiary/aromatic N) is 1. The molecule has 0 aliphatic carbocycles. The predicted octanol–water partition coefficient (Wildman–Crippen LogP) is 5.44. The highest BCUT2D eigenvalue weighted by molar-refractivity contribution is 5.82. The molecule has 0 unspecified atom stereocenters. The van der Waals surface area contributed by atoms with Gasteiger partial charge in [0.1, 0.15) is 29.8 Å². The number of aryl methyl sites for hydroxylation is 1. The molecule has 1 saturated heterocycles. The van der Waals surface area contributed by atoms with E-state index in [0.29, 0.717) is 18.7 Å². The van der Waals surface area contributed by atoms with Crippen LogP contribution in [0.2, 0.25) is 0 Å². The zero-order valence-corrected chi connectivity index (χ0v) is 28.3. The van der Waals surface area contributed by atoms with Gasteiger partial charge in [0, 0.05) is 44.8 Å². The number of cyclic esters (lactones) is 1. The summed E-state index contributed by atoms with van der Waals surface area (Å²) in [5, 5.41) is 22.2. The van der Waals surface area contributed by atoms with Gasteiger partial charge < -0.3 is 33.6 Å². The van der Waals surface area contributed by atoms with Crippen LogP contribution in [-0.2, 0) is 28.5 Å². The first-order valence-corrected chi connectivity index (χ1v) is 15.9. The number of epoxide rings is 1. The minimum absolute atomic E-state index is 0.115. The van der Waals surface area contributed by atoms with E-state index in [4.69, 9.17) is 23.4 Å². The van der Waals surface area contributed by atoms with Crippen molar-refractivity contribution in [2.75, 3.05) is 14.2 Å². The molecule has 0 saturated carbocycles. The van der Waals surface area contributed by atoms with E-state index in [0.717, 1.165) is 16.8 Å². The first-order chi connectivity index (χ1) is 21.8. The van der Waals surface area contributed by atoms with Crippen molar-refractivity contribution >= 4 is 18.0 Å². The topological polar surface area (TPSA) is 141 Å². The summed E-state index contributed by atoms with van der Waals surface area (Å²) >= 11 is 0. The van der Waals surface area contributed by atoms with Gasteiger partial charge in [-0.1, -0.05) is 50.3 Å². The fourth-order valence-corrected chi connectivity index (χ4v) is 5.83. The number of allylic oxidation sites excluding steroid dienone is 5.